The molecule has 0 aliphatic heterocycles. The van der Waals surface area contributed by atoms with Crippen molar-refractivity contribution in [1.82, 2.24) is 4.98 Å². The zero-order valence-corrected chi connectivity index (χ0v) is 13.3. The highest BCUT2D eigenvalue weighted by Crippen LogP contribution is 2.26. The minimum absolute atomic E-state index is 0.142. The Labute approximate surface area is 143 Å². The van der Waals surface area contributed by atoms with Gasteiger partial charge in [0.15, 0.2) is 10.9 Å². The summed E-state index contributed by atoms with van der Waals surface area (Å²) in [7, 11) is 0. The fourth-order valence-electron chi connectivity index (χ4n) is 2.18. The fraction of sp³-hybridized carbons (Fsp3) is 0. The van der Waals surface area contributed by atoms with Gasteiger partial charge in [0, 0.05) is 17.4 Å². The molecule has 24 heavy (non-hydrogen) atoms. The average molecular weight is 338 g/mol. The molecule has 0 bridgehead atoms. The first kappa shape index (κ1) is 15.7. The summed E-state index contributed by atoms with van der Waals surface area (Å²) in [5, 5.41) is 6.49. The van der Waals surface area contributed by atoms with Crippen LogP contribution >= 0.6 is 12.2 Å². The van der Waals surface area contributed by atoms with Crippen molar-refractivity contribution in [2.75, 3.05) is 10.6 Å². The van der Waals surface area contributed by atoms with Crippen molar-refractivity contribution in [3.8, 4) is 11.1 Å². The van der Waals surface area contributed by atoms with Crippen LogP contribution in [-0.2, 0) is 0 Å². The number of furan rings is 1. The van der Waals surface area contributed by atoms with Gasteiger partial charge >= 0.3 is 0 Å². The van der Waals surface area contributed by atoms with E-state index in [1.165, 1.54) is 6.26 Å². The minimum atomic E-state index is -0.599. The van der Waals surface area contributed by atoms with Gasteiger partial charge in [-0.2, -0.15) is 0 Å². The Balaban J connectivity index is 1.69. The summed E-state index contributed by atoms with van der Waals surface area (Å²) >= 11 is 5.25. The van der Waals surface area contributed by atoms with Crippen molar-refractivity contribution >= 4 is 34.7 Å². The highest BCUT2D eigenvalue weighted by molar-refractivity contribution is 7.80. The Kier molecular flexibility index (Phi) is 4.53. The molecule has 1 aromatic carbocycles. The van der Waals surface area contributed by atoms with Crippen molar-refractivity contribution in [2.24, 2.45) is 5.73 Å². The van der Waals surface area contributed by atoms with Gasteiger partial charge < -0.3 is 20.8 Å². The number of carbonyl (C=O) groups excluding carboxylic acids is 1. The van der Waals surface area contributed by atoms with Gasteiger partial charge in [-0.3, -0.25) is 4.79 Å². The molecule has 3 rings (SSSR count). The standard InChI is InChI=1S/C17H14N4O2S/c18-16(22)15-13(8-10-23-15)11-4-6-12(7-5-11)20-17(24)21-14-3-1-2-9-19-14/h1-10H,(H2,18,22)(H2,19,20,21,24). The zero-order chi connectivity index (χ0) is 16.9. The number of nitrogens with zero attached hydrogens (tertiary/aromatic N) is 1. The van der Waals surface area contributed by atoms with Crippen LogP contribution < -0.4 is 16.4 Å². The summed E-state index contributed by atoms with van der Waals surface area (Å²) in [6.07, 6.45) is 3.12. The van der Waals surface area contributed by atoms with Crippen molar-refractivity contribution in [2.45, 2.75) is 0 Å². The van der Waals surface area contributed by atoms with Crippen LogP contribution in [0.15, 0.2) is 65.4 Å². The predicted octanol–water partition coefficient (Wildman–Crippen LogP) is 3.25. The number of thiocarbonyl (C=S) groups is 1. The molecule has 0 saturated carbocycles. The number of aromatic nitrogens is 1. The molecule has 0 aliphatic carbocycles. The number of hydrogen-bond acceptors (Lipinski definition) is 4. The molecule has 0 unspecified atom stereocenters. The van der Waals surface area contributed by atoms with Crippen LogP contribution in [-0.4, -0.2) is 16.0 Å². The van der Waals surface area contributed by atoms with Crippen LogP contribution in [0.25, 0.3) is 11.1 Å². The molecule has 1 amide bonds. The smallest absolute Gasteiger partial charge is 0.285 e. The summed E-state index contributed by atoms with van der Waals surface area (Å²) in [6.45, 7) is 0. The minimum Gasteiger partial charge on any atom is -0.459 e. The van der Waals surface area contributed by atoms with Crippen LogP contribution in [0.4, 0.5) is 11.5 Å². The van der Waals surface area contributed by atoms with E-state index in [9.17, 15) is 4.79 Å². The van der Waals surface area contributed by atoms with E-state index in [1.807, 2.05) is 42.5 Å². The van der Waals surface area contributed by atoms with Gasteiger partial charge in [-0.05, 0) is 48.1 Å². The van der Waals surface area contributed by atoms with Gasteiger partial charge in [0.1, 0.15) is 5.82 Å². The maximum Gasteiger partial charge on any atom is 0.285 e. The first-order valence-electron chi connectivity index (χ1n) is 7.10. The predicted molar refractivity (Wildman–Crippen MR) is 96.7 cm³/mol. The van der Waals surface area contributed by atoms with Crippen LogP contribution in [0.1, 0.15) is 10.6 Å². The highest BCUT2D eigenvalue weighted by Gasteiger charge is 2.13. The Bertz CT molecular complexity index is 860. The Morgan fingerprint density at radius 1 is 1.08 bits per heavy atom. The van der Waals surface area contributed by atoms with E-state index >= 15 is 0 Å². The van der Waals surface area contributed by atoms with Crippen molar-refractivity contribution in [1.29, 1.82) is 0 Å². The SMILES string of the molecule is NC(=O)c1occc1-c1ccc(NC(=S)Nc2ccccn2)cc1. The topological polar surface area (TPSA) is 93.2 Å². The maximum atomic E-state index is 11.3. The lowest BCUT2D eigenvalue weighted by Gasteiger charge is -2.10. The van der Waals surface area contributed by atoms with E-state index in [0.29, 0.717) is 16.5 Å². The second-order valence-corrected chi connectivity index (χ2v) is 5.31. The third kappa shape index (κ3) is 3.58. The molecule has 0 spiro atoms. The van der Waals surface area contributed by atoms with E-state index in [4.69, 9.17) is 22.4 Å². The summed E-state index contributed by atoms with van der Waals surface area (Å²) in [5.41, 5.74) is 7.57. The number of benzene rings is 1. The van der Waals surface area contributed by atoms with Crippen LogP contribution in [0.3, 0.4) is 0 Å². The number of nitrogens with one attached hydrogen (secondary N) is 2. The fourth-order valence-corrected chi connectivity index (χ4v) is 2.40. The molecule has 0 radical (unpaired) electrons. The van der Waals surface area contributed by atoms with Gasteiger partial charge in [0.2, 0.25) is 0 Å². The molecule has 7 heteroatoms. The van der Waals surface area contributed by atoms with Gasteiger partial charge in [0.25, 0.3) is 5.91 Å². The highest BCUT2D eigenvalue weighted by atomic mass is 32.1. The number of rotatable bonds is 4. The molecule has 4 N–H and O–H groups in total. The van der Waals surface area contributed by atoms with Gasteiger partial charge in [-0.15, -0.1) is 0 Å². The number of pyridine rings is 1. The number of anilines is 2. The Morgan fingerprint density at radius 3 is 2.54 bits per heavy atom. The molecular weight excluding hydrogens is 324 g/mol. The monoisotopic (exact) mass is 338 g/mol. The molecule has 3 aromatic rings. The van der Waals surface area contributed by atoms with E-state index < -0.39 is 5.91 Å². The molecule has 0 saturated heterocycles. The largest absolute Gasteiger partial charge is 0.459 e. The zero-order valence-electron chi connectivity index (χ0n) is 12.5. The Hall–Kier alpha value is -3.19. The first-order chi connectivity index (χ1) is 11.6. The second-order valence-electron chi connectivity index (χ2n) is 4.90. The van der Waals surface area contributed by atoms with Gasteiger partial charge in [-0.25, -0.2) is 4.98 Å². The lowest BCUT2D eigenvalue weighted by Crippen LogP contribution is -2.19. The van der Waals surface area contributed by atoms with E-state index in [2.05, 4.69) is 15.6 Å². The summed E-state index contributed by atoms with van der Waals surface area (Å²) in [6, 6.07) is 14.6. The Morgan fingerprint density at radius 2 is 1.88 bits per heavy atom. The summed E-state index contributed by atoms with van der Waals surface area (Å²) in [5.74, 6) is 0.206. The summed E-state index contributed by atoms with van der Waals surface area (Å²) in [4.78, 5) is 15.5. The van der Waals surface area contributed by atoms with E-state index in [1.54, 1.807) is 12.3 Å². The first-order valence-corrected chi connectivity index (χ1v) is 7.51. The normalized spacial score (nSPS) is 10.2. The number of hydrogen-bond donors (Lipinski definition) is 3. The van der Waals surface area contributed by atoms with Crippen molar-refractivity contribution in [3.05, 3.63) is 66.8 Å². The number of nitrogens with two attached hydrogens (primary N) is 1. The summed E-state index contributed by atoms with van der Waals surface area (Å²) < 4.78 is 5.11. The average Bonchev–Trinajstić information content (AvgIpc) is 3.06. The molecule has 2 heterocycles. The van der Waals surface area contributed by atoms with Gasteiger partial charge in [0.05, 0.1) is 6.26 Å². The number of amides is 1. The number of primary amides is 1. The molecule has 0 fully saturated rings. The maximum absolute atomic E-state index is 11.3. The second kappa shape index (κ2) is 6.93. The van der Waals surface area contributed by atoms with Crippen molar-refractivity contribution < 1.29 is 9.21 Å². The molecule has 2 aromatic heterocycles. The quantitative estimate of drug-likeness (QED) is 0.632. The van der Waals surface area contributed by atoms with Crippen molar-refractivity contribution in [3.63, 3.8) is 0 Å². The van der Waals surface area contributed by atoms with E-state index in [0.717, 1.165) is 11.3 Å². The third-order valence-electron chi connectivity index (χ3n) is 3.25. The molecule has 6 nitrogen and oxygen atoms in total. The molecular formula is C17H14N4O2S. The lowest BCUT2D eigenvalue weighted by atomic mass is 10.1. The van der Waals surface area contributed by atoms with Gasteiger partial charge in [-0.1, -0.05) is 18.2 Å². The number of carbonyl (C=O) groups is 1. The van der Waals surface area contributed by atoms with Crippen LogP contribution in [0, 0.1) is 0 Å². The van der Waals surface area contributed by atoms with Crippen LogP contribution in [0.5, 0.6) is 0 Å². The molecule has 0 atom stereocenters. The third-order valence-corrected chi connectivity index (χ3v) is 3.45. The molecule has 0 aliphatic rings. The van der Waals surface area contributed by atoms with E-state index in [-0.39, 0.29) is 5.76 Å². The molecule has 120 valence electrons. The lowest BCUT2D eigenvalue weighted by molar-refractivity contribution is 0.0975. The van der Waals surface area contributed by atoms with Crippen LogP contribution in [0.2, 0.25) is 0 Å².